The average Bonchev–Trinajstić information content (AvgIpc) is 2.95. The lowest BCUT2D eigenvalue weighted by atomic mass is 10.1. The molecule has 6 heteroatoms. The van der Waals surface area contributed by atoms with Crippen LogP contribution in [0.5, 0.6) is 5.75 Å². The Labute approximate surface area is 156 Å². The molecule has 0 unspecified atom stereocenters. The molecule has 0 fully saturated rings. The number of halogens is 2. The summed E-state index contributed by atoms with van der Waals surface area (Å²) in [6.45, 7) is 2.02. The summed E-state index contributed by atoms with van der Waals surface area (Å²) in [5, 5.41) is 9.53. The summed E-state index contributed by atoms with van der Waals surface area (Å²) in [6, 6.07) is 12.0. The monoisotopic (exact) mass is 445 g/mol. The normalized spacial score (nSPS) is 11.5. The van der Waals surface area contributed by atoms with Crippen molar-refractivity contribution in [1.82, 2.24) is 9.97 Å². The van der Waals surface area contributed by atoms with Crippen molar-refractivity contribution in [3.8, 4) is 11.8 Å². The van der Waals surface area contributed by atoms with Gasteiger partial charge in [-0.25, -0.2) is 4.98 Å². The van der Waals surface area contributed by atoms with E-state index in [1.807, 2.05) is 37.3 Å². The van der Waals surface area contributed by atoms with Gasteiger partial charge in [-0.05, 0) is 80.3 Å². The number of imidazole rings is 1. The van der Waals surface area contributed by atoms with Crippen LogP contribution in [0.25, 0.3) is 22.7 Å². The SMILES string of the molecule is COc1c(Br)cc(C=C(C#N)c2nc3ccc(C)cc3[nH]2)cc1Br. The summed E-state index contributed by atoms with van der Waals surface area (Å²) >= 11 is 6.94. The second-order valence-corrected chi connectivity index (χ2v) is 7.00. The van der Waals surface area contributed by atoms with Gasteiger partial charge in [0, 0.05) is 0 Å². The number of nitrogens with zero attached hydrogens (tertiary/aromatic N) is 2. The van der Waals surface area contributed by atoms with Gasteiger partial charge in [-0.1, -0.05) is 6.07 Å². The Kier molecular flexibility index (Phi) is 4.74. The summed E-state index contributed by atoms with van der Waals surface area (Å²) in [5.74, 6) is 1.27. The van der Waals surface area contributed by atoms with Gasteiger partial charge < -0.3 is 9.72 Å². The Morgan fingerprint density at radius 3 is 2.58 bits per heavy atom. The van der Waals surface area contributed by atoms with Crippen LogP contribution >= 0.6 is 31.9 Å². The topological polar surface area (TPSA) is 61.7 Å². The molecular weight excluding hydrogens is 434 g/mol. The van der Waals surface area contributed by atoms with E-state index in [0.29, 0.717) is 17.1 Å². The van der Waals surface area contributed by atoms with Crippen LogP contribution in [0.1, 0.15) is 17.0 Å². The van der Waals surface area contributed by atoms with Gasteiger partial charge in [-0.2, -0.15) is 5.26 Å². The zero-order chi connectivity index (χ0) is 17.3. The van der Waals surface area contributed by atoms with Crippen molar-refractivity contribution < 1.29 is 4.74 Å². The van der Waals surface area contributed by atoms with Gasteiger partial charge in [0.15, 0.2) is 0 Å². The van der Waals surface area contributed by atoms with E-state index in [1.165, 1.54) is 0 Å². The number of nitrogens with one attached hydrogen (secondary N) is 1. The summed E-state index contributed by atoms with van der Waals surface area (Å²) in [5.41, 5.74) is 4.23. The third kappa shape index (κ3) is 3.23. The minimum atomic E-state index is 0.466. The predicted molar refractivity (Wildman–Crippen MR) is 103 cm³/mol. The van der Waals surface area contributed by atoms with Crippen molar-refractivity contribution in [2.75, 3.05) is 7.11 Å². The molecule has 0 atom stereocenters. The van der Waals surface area contributed by atoms with Crippen LogP contribution in [0.3, 0.4) is 0 Å². The first-order valence-electron chi connectivity index (χ1n) is 7.13. The molecule has 0 amide bonds. The number of allylic oxidation sites excluding steroid dienone is 1. The molecule has 4 nitrogen and oxygen atoms in total. The van der Waals surface area contributed by atoms with Gasteiger partial charge in [0.2, 0.25) is 0 Å². The lowest BCUT2D eigenvalue weighted by Crippen LogP contribution is -1.89. The Morgan fingerprint density at radius 2 is 1.96 bits per heavy atom. The quantitative estimate of drug-likeness (QED) is 0.542. The van der Waals surface area contributed by atoms with E-state index in [1.54, 1.807) is 13.2 Å². The van der Waals surface area contributed by atoms with Gasteiger partial charge in [0.1, 0.15) is 17.6 Å². The van der Waals surface area contributed by atoms with E-state index in [0.717, 1.165) is 31.1 Å². The molecule has 0 radical (unpaired) electrons. The number of hydrogen-bond donors (Lipinski definition) is 1. The number of aryl methyl sites for hydroxylation is 1. The number of fused-ring (bicyclic) bond motifs is 1. The van der Waals surface area contributed by atoms with Gasteiger partial charge in [-0.3, -0.25) is 0 Å². The molecule has 1 N–H and O–H groups in total. The van der Waals surface area contributed by atoms with Crippen molar-refractivity contribution in [3.05, 3.63) is 56.2 Å². The largest absolute Gasteiger partial charge is 0.494 e. The molecular formula is C18H13Br2N3O. The predicted octanol–water partition coefficient (Wildman–Crippen LogP) is 5.47. The molecule has 0 aliphatic rings. The number of rotatable bonds is 3. The molecule has 0 aliphatic heterocycles. The van der Waals surface area contributed by atoms with Crippen molar-refractivity contribution in [1.29, 1.82) is 5.26 Å². The molecule has 1 aromatic heterocycles. The fourth-order valence-electron chi connectivity index (χ4n) is 2.43. The maximum absolute atomic E-state index is 9.53. The van der Waals surface area contributed by atoms with Crippen LogP contribution in [0.2, 0.25) is 0 Å². The van der Waals surface area contributed by atoms with E-state index in [9.17, 15) is 5.26 Å². The van der Waals surface area contributed by atoms with Gasteiger partial charge >= 0.3 is 0 Å². The first-order valence-corrected chi connectivity index (χ1v) is 8.72. The lowest BCUT2D eigenvalue weighted by Gasteiger charge is -2.07. The first kappa shape index (κ1) is 16.7. The third-order valence-electron chi connectivity index (χ3n) is 3.55. The zero-order valence-corrected chi connectivity index (χ0v) is 16.2. The number of aromatic amines is 1. The summed E-state index contributed by atoms with van der Waals surface area (Å²) in [6.07, 6.45) is 1.79. The van der Waals surface area contributed by atoms with E-state index in [-0.39, 0.29) is 0 Å². The molecule has 24 heavy (non-hydrogen) atoms. The number of ether oxygens (including phenoxy) is 1. The minimum absolute atomic E-state index is 0.466. The standard InChI is InChI=1S/C18H13Br2N3O/c1-10-3-4-15-16(5-10)23-18(22-15)12(9-21)6-11-7-13(19)17(24-2)14(20)8-11/h3-8H,1-2H3,(H,22,23). The summed E-state index contributed by atoms with van der Waals surface area (Å²) in [7, 11) is 1.61. The second kappa shape index (κ2) is 6.80. The van der Waals surface area contributed by atoms with Crippen molar-refractivity contribution in [2.24, 2.45) is 0 Å². The number of methoxy groups -OCH3 is 1. The number of H-pyrrole nitrogens is 1. The molecule has 0 bridgehead atoms. The summed E-state index contributed by atoms with van der Waals surface area (Å²) < 4.78 is 6.92. The maximum atomic E-state index is 9.53. The van der Waals surface area contributed by atoms with Gasteiger partial charge in [0.05, 0.1) is 32.7 Å². The van der Waals surface area contributed by atoms with Crippen LogP contribution in [0.15, 0.2) is 39.3 Å². The molecule has 2 aromatic carbocycles. The smallest absolute Gasteiger partial charge is 0.149 e. The molecule has 0 aliphatic carbocycles. The minimum Gasteiger partial charge on any atom is -0.494 e. The van der Waals surface area contributed by atoms with Crippen LogP contribution in [0.4, 0.5) is 0 Å². The number of nitriles is 1. The van der Waals surface area contributed by atoms with Crippen molar-refractivity contribution >= 4 is 54.5 Å². The molecule has 0 saturated carbocycles. The molecule has 120 valence electrons. The second-order valence-electron chi connectivity index (χ2n) is 5.29. The van der Waals surface area contributed by atoms with E-state index < -0.39 is 0 Å². The van der Waals surface area contributed by atoms with E-state index in [2.05, 4.69) is 47.9 Å². The molecule has 0 spiro atoms. The Bertz CT molecular complexity index is 976. The average molecular weight is 447 g/mol. The first-order chi connectivity index (χ1) is 11.5. The highest BCUT2D eigenvalue weighted by Crippen LogP contribution is 2.35. The fourth-order valence-corrected chi connectivity index (χ4v) is 3.97. The third-order valence-corrected chi connectivity index (χ3v) is 4.73. The van der Waals surface area contributed by atoms with E-state index >= 15 is 0 Å². The van der Waals surface area contributed by atoms with Crippen molar-refractivity contribution in [2.45, 2.75) is 6.92 Å². The highest BCUT2D eigenvalue weighted by atomic mass is 79.9. The zero-order valence-electron chi connectivity index (χ0n) is 13.0. The number of aromatic nitrogens is 2. The fraction of sp³-hybridized carbons (Fsp3) is 0.111. The number of hydrogen-bond acceptors (Lipinski definition) is 3. The van der Waals surface area contributed by atoms with Gasteiger partial charge in [0.25, 0.3) is 0 Å². The Morgan fingerprint density at radius 1 is 1.25 bits per heavy atom. The Hall–Kier alpha value is -2.10. The molecule has 0 saturated heterocycles. The lowest BCUT2D eigenvalue weighted by molar-refractivity contribution is 0.409. The van der Waals surface area contributed by atoms with Crippen LogP contribution in [-0.2, 0) is 0 Å². The van der Waals surface area contributed by atoms with E-state index in [4.69, 9.17) is 4.74 Å². The highest BCUT2D eigenvalue weighted by molar-refractivity contribution is 9.11. The molecule has 3 rings (SSSR count). The molecule has 1 heterocycles. The van der Waals surface area contributed by atoms with Crippen LogP contribution in [-0.4, -0.2) is 17.1 Å². The van der Waals surface area contributed by atoms with Crippen molar-refractivity contribution in [3.63, 3.8) is 0 Å². The highest BCUT2D eigenvalue weighted by Gasteiger charge is 2.11. The summed E-state index contributed by atoms with van der Waals surface area (Å²) in [4.78, 5) is 7.71. The number of benzene rings is 2. The van der Waals surface area contributed by atoms with Crippen LogP contribution < -0.4 is 4.74 Å². The van der Waals surface area contributed by atoms with Crippen LogP contribution in [0, 0.1) is 18.3 Å². The maximum Gasteiger partial charge on any atom is 0.149 e. The Balaban J connectivity index is 2.07. The molecule has 3 aromatic rings. The van der Waals surface area contributed by atoms with Gasteiger partial charge in [-0.15, -0.1) is 0 Å².